The first-order valence-corrected chi connectivity index (χ1v) is 9.56. The molecule has 0 unspecified atom stereocenters. The van der Waals surface area contributed by atoms with Crippen LogP contribution < -0.4 is 5.32 Å². The number of aromatic nitrogens is 2. The van der Waals surface area contributed by atoms with Crippen LogP contribution in [0, 0.1) is 0 Å². The van der Waals surface area contributed by atoms with Gasteiger partial charge in [0, 0.05) is 28.4 Å². The quantitative estimate of drug-likeness (QED) is 0.634. The van der Waals surface area contributed by atoms with E-state index in [1.165, 1.54) is 6.07 Å². The van der Waals surface area contributed by atoms with Gasteiger partial charge in [-0.25, -0.2) is 0 Å². The minimum atomic E-state index is -4.44. The lowest BCUT2D eigenvalue weighted by Gasteiger charge is -2.23. The average Bonchev–Trinajstić information content (AvgIpc) is 3.16. The molecule has 0 spiro atoms. The largest absolute Gasteiger partial charge is 0.416 e. The summed E-state index contributed by atoms with van der Waals surface area (Å²) in [6.45, 7) is 0. The summed E-state index contributed by atoms with van der Waals surface area (Å²) >= 11 is 7.27. The lowest BCUT2D eigenvalue weighted by Crippen LogP contribution is -2.30. The molecule has 142 valence electrons. The standard InChI is InChI=1S/C18H15ClF3N3OS/c1-25-13-4-2-3-12(11(13)8-23-25)24-17(26)16-15(19)10-6-5-9(18(20,21)22)7-14(10)27-16/h5-8,12H,2-4H2,1H3,(H,24,26)/t12-/m1/s1. The van der Waals surface area contributed by atoms with Crippen LogP contribution in [-0.4, -0.2) is 15.7 Å². The molecule has 0 saturated heterocycles. The Morgan fingerprint density at radius 3 is 2.93 bits per heavy atom. The number of hydrogen-bond donors (Lipinski definition) is 1. The van der Waals surface area contributed by atoms with Gasteiger partial charge in [0.05, 0.1) is 22.8 Å². The Labute approximate surface area is 161 Å². The first kappa shape index (κ1) is 18.3. The van der Waals surface area contributed by atoms with Crippen molar-refractivity contribution in [3.8, 4) is 0 Å². The van der Waals surface area contributed by atoms with Crippen molar-refractivity contribution in [1.29, 1.82) is 0 Å². The number of carbonyl (C=O) groups excluding carboxylic acids is 1. The maximum Gasteiger partial charge on any atom is 0.416 e. The molecule has 2 heterocycles. The lowest BCUT2D eigenvalue weighted by atomic mass is 9.93. The fraction of sp³-hybridized carbons (Fsp3) is 0.333. The number of carbonyl (C=O) groups is 1. The highest BCUT2D eigenvalue weighted by Gasteiger charge is 2.32. The molecule has 1 amide bonds. The minimum absolute atomic E-state index is 0.179. The Bertz CT molecular complexity index is 1040. The fourth-order valence-electron chi connectivity index (χ4n) is 3.47. The molecule has 27 heavy (non-hydrogen) atoms. The van der Waals surface area contributed by atoms with Gasteiger partial charge >= 0.3 is 6.18 Å². The van der Waals surface area contributed by atoms with Gasteiger partial charge in [-0.2, -0.15) is 18.3 Å². The average molecular weight is 414 g/mol. The number of aryl methyl sites for hydroxylation is 1. The van der Waals surface area contributed by atoms with E-state index >= 15 is 0 Å². The molecular weight excluding hydrogens is 399 g/mol. The fourth-order valence-corrected chi connectivity index (χ4v) is 4.93. The number of hydrogen-bond acceptors (Lipinski definition) is 3. The van der Waals surface area contributed by atoms with Crippen LogP contribution in [0.1, 0.15) is 45.4 Å². The van der Waals surface area contributed by atoms with Gasteiger partial charge in [0.25, 0.3) is 5.91 Å². The van der Waals surface area contributed by atoms with Crippen LogP contribution in [0.2, 0.25) is 5.02 Å². The molecule has 2 aromatic heterocycles. The monoisotopic (exact) mass is 413 g/mol. The predicted molar refractivity (Wildman–Crippen MR) is 98.2 cm³/mol. The summed E-state index contributed by atoms with van der Waals surface area (Å²) in [6.07, 6.45) is -0.0761. The highest BCUT2D eigenvalue weighted by atomic mass is 35.5. The first-order valence-electron chi connectivity index (χ1n) is 8.36. The Morgan fingerprint density at radius 2 is 2.19 bits per heavy atom. The number of fused-ring (bicyclic) bond motifs is 2. The zero-order valence-corrected chi connectivity index (χ0v) is 15.8. The molecule has 0 aliphatic heterocycles. The molecule has 0 bridgehead atoms. The Kier molecular flexibility index (Phi) is 4.43. The zero-order valence-electron chi connectivity index (χ0n) is 14.2. The van der Waals surface area contributed by atoms with E-state index in [0.717, 1.165) is 54.0 Å². The second kappa shape index (κ2) is 6.53. The van der Waals surface area contributed by atoms with E-state index in [0.29, 0.717) is 10.1 Å². The molecule has 1 atom stereocenters. The molecule has 4 rings (SSSR count). The molecule has 1 aliphatic carbocycles. The van der Waals surface area contributed by atoms with Crippen LogP contribution in [-0.2, 0) is 19.6 Å². The van der Waals surface area contributed by atoms with Crippen molar-refractivity contribution in [2.75, 3.05) is 0 Å². The molecule has 0 fully saturated rings. The molecule has 9 heteroatoms. The molecule has 0 radical (unpaired) electrons. The van der Waals surface area contributed by atoms with Crippen molar-refractivity contribution in [2.24, 2.45) is 7.05 Å². The third-order valence-corrected chi connectivity index (χ3v) is 6.50. The van der Waals surface area contributed by atoms with Crippen molar-refractivity contribution in [2.45, 2.75) is 31.5 Å². The summed E-state index contributed by atoms with van der Waals surface area (Å²) in [5.41, 5.74) is 1.31. The number of benzene rings is 1. The van der Waals surface area contributed by atoms with Crippen LogP contribution in [0.15, 0.2) is 24.4 Å². The SMILES string of the molecule is Cn1ncc2c1CCC[C@H]2NC(=O)c1sc2cc(C(F)(F)F)ccc2c1Cl. The van der Waals surface area contributed by atoms with Crippen LogP contribution in [0.3, 0.4) is 0 Å². The molecule has 1 N–H and O–H groups in total. The van der Waals surface area contributed by atoms with E-state index in [4.69, 9.17) is 11.6 Å². The second-order valence-corrected chi connectivity index (χ2v) is 7.97. The van der Waals surface area contributed by atoms with Crippen molar-refractivity contribution < 1.29 is 18.0 Å². The highest BCUT2D eigenvalue weighted by Crippen LogP contribution is 2.39. The molecule has 4 nitrogen and oxygen atoms in total. The number of nitrogens with one attached hydrogen (secondary N) is 1. The number of nitrogens with zero attached hydrogens (tertiary/aromatic N) is 2. The van der Waals surface area contributed by atoms with Gasteiger partial charge in [-0.3, -0.25) is 9.48 Å². The van der Waals surface area contributed by atoms with E-state index < -0.39 is 11.7 Å². The van der Waals surface area contributed by atoms with Gasteiger partial charge in [0.15, 0.2) is 0 Å². The summed E-state index contributed by atoms with van der Waals surface area (Å²) in [5, 5.41) is 7.84. The Morgan fingerprint density at radius 1 is 1.41 bits per heavy atom. The molecule has 3 aromatic rings. The van der Waals surface area contributed by atoms with Gasteiger partial charge in [-0.05, 0) is 31.4 Å². The Balaban J connectivity index is 1.64. The van der Waals surface area contributed by atoms with E-state index in [1.807, 2.05) is 7.05 Å². The summed E-state index contributed by atoms with van der Waals surface area (Å²) < 4.78 is 40.9. The topological polar surface area (TPSA) is 46.9 Å². The van der Waals surface area contributed by atoms with Gasteiger partial charge in [0.1, 0.15) is 4.88 Å². The first-order chi connectivity index (χ1) is 12.8. The number of halogens is 4. The van der Waals surface area contributed by atoms with Crippen molar-refractivity contribution in [3.05, 3.63) is 51.1 Å². The van der Waals surface area contributed by atoms with Crippen molar-refractivity contribution in [3.63, 3.8) is 0 Å². The number of amides is 1. The van der Waals surface area contributed by atoms with Crippen LogP contribution in [0.5, 0.6) is 0 Å². The lowest BCUT2D eigenvalue weighted by molar-refractivity contribution is -0.137. The zero-order chi connectivity index (χ0) is 19.3. The van der Waals surface area contributed by atoms with E-state index in [9.17, 15) is 18.0 Å². The van der Waals surface area contributed by atoms with Crippen molar-refractivity contribution in [1.82, 2.24) is 15.1 Å². The predicted octanol–water partition coefficient (Wildman–Crippen LogP) is 5.11. The van der Waals surface area contributed by atoms with Crippen molar-refractivity contribution >= 4 is 38.9 Å². The minimum Gasteiger partial charge on any atom is -0.344 e. The third-order valence-electron chi connectivity index (χ3n) is 4.84. The van der Waals surface area contributed by atoms with Gasteiger partial charge < -0.3 is 5.32 Å². The molecule has 1 aliphatic rings. The summed E-state index contributed by atoms with van der Waals surface area (Å²) in [5.74, 6) is -0.378. The Hall–Kier alpha value is -2.06. The van der Waals surface area contributed by atoms with Gasteiger partial charge in [0.2, 0.25) is 0 Å². The number of alkyl halides is 3. The second-order valence-electron chi connectivity index (χ2n) is 6.54. The molecular formula is C18H15ClF3N3OS. The molecule has 0 saturated carbocycles. The maximum atomic E-state index is 12.9. The summed E-state index contributed by atoms with van der Waals surface area (Å²) in [6, 6.07) is 3.14. The maximum absolute atomic E-state index is 12.9. The summed E-state index contributed by atoms with van der Waals surface area (Å²) in [4.78, 5) is 13.0. The van der Waals surface area contributed by atoms with Gasteiger partial charge in [-0.1, -0.05) is 17.7 Å². The normalized spacial score (nSPS) is 17.1. The van der Waals surface area contributed by atoms with Crippen LogP contribution in [0.25, 0.3) is 10.1 Å². The number of thiophene rings is 1. The van der Waals surface area contributed by atoms with Gasteiger partial charge in [-0.15, -0.1) is 11.3 Å². The van der Waals surface area contributed by atoms with E-state index in [-0.39, 0.29) is 21.8 Å². The van der Waals surface area contributed by atoms with E-state index in [1.54, 1.807) is 10.9 Å². The molecule has 1 aromatic carbocycles. The third kappa shape index (κ3) is 3.21. The van der Waals surface area contributed by atoms with E-state index in [2.05, 4.69) is 10.4 Å². The smallest absolute Gasteiger partial charge is 0.344 e. The van der Waals surface area contributed by atoms with Crippen LogP contribution in [0.4, 0.5) is 13.2 Å². The highest BCUT2D eigenvalue weighted by molar-refractivity contribution is 7.21. The summed E-state index contributed by atoms with van der Waals surface area (Å²) in [7, 11) is 1.87. The number of rotatable bonds is 2. The van der Waals surface area contributed by atoms with Crippen LogP contribution >= 0.6 is 22.9 Å².